The second-order valence-electron chi connectivity index (χ2n) is 4.17. The van der Waals surface area contributed by atoms with Gasteiger partial charge in [-0.3, -0.25) is 0 Å². The average Bonchev–Trinajstić information content (AvgIpc) is 2.29. The lowest BCUT2D eigenvalue weighted by Gasteiger charge is -2.17. The zero-order chi connectivity index (χ0) is 15.3. The summed E-state index contributed by atoms with van der Waals surface area (Å²) in [4.78, 5) is 19.0. The third kappa shape index (κ3) is 25.7. The third-order valence-electron chi connectivity index (χ3n) is 1.24. The molecule has 0 atom stereocenters. The summed E-state index contributed by atoms with van der Waals surface area (Å²) in [6.07, 6.45) is -0.675. The minimum Gasteiger partial charge on any atom is -0.457 e. The lowest BCUT2D eigenvalue weighted by atomic mass is 10.2. The molecule has 0 fully saturated rings. The molecule has 0 saturated heterocycles. The molecule has 19 heavy (non-hydrogen) atoms. The predicted octanol–water partition coefficient (Wildman–Crippen LogP) is 3.42. The number of hydrogen-bond donors (Lipinski definition) is 2. The standard InChI is InChI=1S/C7H12O2.C6H6.CH2O3/c1-5-6(8)9-7(2,3)4;1-2-4-6-5-3-1;2-1(3)4/h5H,1H2,2-4H3;1-6H;(H2,2,3,4). The lowest BCUT2D eigenvalue weighted by Crippen LogP contribution is -2.22. The first-order chi connectivity index (χ1) is 8.69. The number of ether oxygens (including phenoxy) is 1. The fraction of sp³-hybridized carbons (Fsp3) is 0.286. The van der Waals surface area contributed by atoms with Gasteiger partial charge >= 0.3 is 12.1 Å². The van der Waals surface area contributed by atoms with Crippen LogP contribution in [0.4, 0.5) is 4.79 Å². The minimum absolute atomic E-state index is 0.373. The van der Waals surface area contributed by atoms with Crippen molar-refractivity contribution < 1.29 is 24.5 Å². The molecule has 0 saturated carbocycles. The average molecular weight is 268 g/mol. The summed E-state index contributed by atoms with van der Waals surface area (Å²) < 4.78 is 4.83. The second kappa shape index (κ2) is 10.8. The maximum Gasteiger partial charge on any atom is 0.503 e. The van der Waals surface area contributed by atoms with E-state index in [1.165, 1.54) is 0 Å². The summed E-state index contributed by atoms with van der Waals surface area (Å²) in [7, 11) is 0. The van der Waals surface area contributed by atoms with E-state index in [0.29, 0.717) is 0 Å². The first-order valence-electron chi connectivity index (χ1n) is 5.46. The van der Waals surface area contributed by atoms with E-state index >= 15 is 0 Å². The molecule has 5 heteroatoms. The van der Waals surface area contributed by atoms with Crippen LogP contribution in [0.25, 0.3) is 0 Å². The van der Waals surface area contributed by atoms with Crippen molar-refractivity contribution in [3.8, 4) is 0 Å². The van der Waals surface area contributed by atoms with E-state index in [9.17, 15) is 4.79 Å². The number of carbonyl (C=O) groups excluding carboxylic acids is 1. The molecule has 106 valence electrons. The zero-order valence-corrected chi connectivity index (χ0v) is 11.4. The Labute approximate surface area is 113 Å². The molecule has 0 spiro atoms. The van der Waals surface area contributed by atoms with Gasteiger partial charge in [0.15, 0.2) is 0 Å². The van der Waals surface area contributed by atoms with Crippen molar-refractivity contribution in [1.29, 1.82) is 0 Å². The molecule has 0 aliphatic heterocycles. The molecule has 0 amide bonds. The van der Waals surface area contributed by atoms with Gasteiger partial charge in [-0.25, -0.2) is 9.59 Å². The highest BCUT2D eigenvalue weighted by atomic mass is 16.6. The Morgan fingerprint density at radius 3 is 1.37 bits per heavy atom. The van der Waals surface area contributed by atoms with Crippen LogP contribution in [0.5, 0.6) is 0 Å². The van der Waals surface area contributed by atoms with Crippen LogP contribution in [-0.2, 0) is 9.53 Å². The SMILES string of the molecule is C=CC(=O)OC(C)(C)C.O=C(O)O.c1ccccc1. The van der Waals surface area contributed by atoms with Crippen LogP contribution in [0.1, 0.15) is 20.8 Å². The van der Waals surface area contributed by atoms with Crippen molar-refractivity contribution in [1.82, 2.24) is 0 Å². The Kier molecular flexibility index (Phi) is 10.9. The number of hydrogen-bond acceptors (Lipinski definition) is 3. The Bertz CT molecular complexity index is 334. The number of rotatable bonds is 1. The van der Waals surface area contributed by atoms with Gasteiger partial charge < -0.3 is 14.9 Å². The molecule has 0 heterocycles. The summed E-state index contributed by atoms with van der Waals surface area (Å²) in [5, 5.41) is 13.9. The lowest BCUT2D eigenvalue weighted by molar-refractivity contribution is -0.148. The summed E-state index contributed by atoms with van der Waals surface area (Å²) in [6, 6.07) is 12.0. The summed E-state index contributed by atoms with van der Waals surface area (Å²) >= 11 is 0. The zero-order valence-electron chi connectivity index (χ0n) is 11.4. The van der Waals surface area contributed by atoms with E-state index in [2.05, 4.69) is 6.58 Å². The van der Waals surface area contributed by atoms with Crippen molar-refractivity contribution in [3.63, 3.8) is 0 Å². The Hall–Kier alpha value is -2.30. The summed E-state index contributed by atoms with van der Waals surface area (Å²) in [5.41, 5.74) is -0.398. The van der Waals surface area contributed by atoms with Crippen LogP contribution in [0, 0.1) is 0 Å². The Balaban J connectivity index is 0. The molecular weight excluding hydrogens is 248 g/mol. The molecule has 0 aromatic heterocycles. The summed E-state index contributed by atoms with van der Waals surface area (Å²) in [5.74, 6) is -0.373. The van der Waals surface area contributed by atoms with Gasteiger partial charge in [-0.1, -0.05) is 43.0 Å². The van der Waals surface area contributed by atoms with Crippen LogP contribution >= 0.6 is 0 Å². The van der Waals surface area contributed by atoms with Gasteiger partial charge in [0.2, 0.25) is 0 Å². The highest BCUT2D eigenvalue weighted by Gasteiger charge is 2.12. The fourth-order valence-electron chi connectivity index (χ4n) is 0.728. The van der Waals surface area contributed by atoms with Gasteiger partial charge in [0.25, 0.3) is 0 Å². The van der Waals surface area contributed by atoms with Gasteiger partial charge in [-0.05, 0) is 20.8 Å². The molecule has 0 aliphatic carbocycles. The van der Waals surface area contributed by atoms with E-state index in [1.807, 2.05) is 57.2 Å². The van der Waals surface area contributed by atoms with E-state index in [1.54, 1.807) is 0 Å². The highest BCUT2D eigenvalue weighted by molar-refractivity contribution is 5.81. The van der Waals surface area contributed by atoms with Crippen LogP contribution in [0.3, 0.4) is 0 Å². The van der Waals surface area contributed by atoms with E-state index in [-0.39, 0.29) is 5.97 Å². The molecule has 1 rings (SSSR count). The van der Waals surface area contributed by atoms with E-state index < -0.39 is 11.8 Å². The topological polar surface area (TPSA) is 83.8 Å². The monoisotopic (exact) mass is 268 g/mol. The van der Waals surface area contributed by atoms with Crippen molar-refractivity contribution in [2.75, 3.05) is 0 Å². The Morgan fingerprint density at radius 1 is 1.00 bits per heavy atom. The van der Waals surface area contributed by atoms with Gasteiger partial charge in [0, 0.05) is 6.08 Å². The maximum absolute atomic E-state index is 10.5. The third-order valence-corrected chi connectivity index (χ3v) is 1.24. The van der Waals surface area contributed by atoms with Crippen molar-refractivity contribution in [2.24, 2.45) is 0 Å². The molecular formula is C14H20O5. The fourth-order valence-corrected chi connectivity index (χ4v) is 0.728. The molecule has 0 bridgehead atoms. The first kappa shape index (κ1) is 19.0. The van der Waals surface area contributed by atoms with Crippen LogP contribution in [0.2, 0.25) is 0 Å². The predicted molar refractivity (Wildman–Crippen MR) is 73.1 cm³/mol. The highest BCUT2D eigenvalue weighted by Crippen LogP contribution is 2.06. The maximum atomic E-state index is 10.5. The number of carbonyl (C=O) groups is 2. The summed E-state index contributed by atoms with van der Waals surface area (Å²) in [6.45, 7) is 8.71. The van der Waals surface area contributed by atoms with Gasteiger partial charge in [0.1, 0.15) is 5.60 Å². The molecule has 1 aromatic rings. The van der Waals surface area contributed by atoms with Gasteiger partial charge in [0.05, 0.1) is 0 Å². The minimum atomic E-state index is -1.83. The molecule has 1 aromatic carbocycles. The van der Waals surface area contributed by atoms with Crippen molar-refractivity contribution in [3.05, 3.63) is 49.1 Å². The van der Waals surface area contributed by atoms with Gasteiger partial charge in [-0.15, -0.1) is 0 Å². The van der Waals surface area contributed by atoms with Crippen LogP contribution in [0.15, 0.2) is 49.1 Å². The smallest absolute Gasteiger partial charge is 0.457 e. The number of carboxylic acid groups (broad SMARTS) is 2. The molecule has 2 N–H and O–H groups in total. The molecule has 5 nitrogen and oxygen atoms in total. The van der Waals surface area contributed by atoms with E-state index in [0.717, 1.165) is 6.08 Å². The molecule has 0 unspecified atom stereocenters. The quantitative estimate of drug-likeness (QED) is 0.602. The number of esters is 1. The normalized spacial score (nSPS) is 8.79. The van der Waals surface area contributed by atoms with Gasteiger partial charge in [-0.2, -0.15) is 0 Å². The molecule has 0 radical (unpaired) electrons. The second-order valence-corrected chi connectivity index (χ2v) is 4.17. The van der Waals surface area contributed by atoms with Crippen molar-refractivity contribution in [2.45, 2.75) is 26.4 Å². The van der Waals surface area contributed by atoms with Crippen molar-refractivity contribution >= 4 is 12.1 Å². The van der Waals surface area contributed by atoms with Crippen LogP contribution < -0.4 is 0 Å². The van der Waals surface area contributed by atoms with Crippen LogP contribution in [-0.4, -0.2) is 27.9 Å². The number of benzene rings is 1. The Morgan fingerprint density at radius 2 is 1.26 bits per heavy atom. The first-order valence-corrected chi connectivity index (χ1v) is 5.46. The largest absolute Gasteiger partial charge is 0.503 e. The van der Waals surface area contributed by atoms with E-state index in [4.69, 9.17) is 19.7 Å². The molecule has 0 aliphatic rings.